The third kappa shape index (κ3) is 4.48. The fourth-order valence-electron chi connectivity index (χ4n) is 4.44. The van der Waals surface area contributed by atoms with Gasteiger partial charge in [-0.25, -0.2) is 8.42 Å². The molecule has 2 aliphatic heterocycles. The Hall–Kier alpha value is -2.38. The molecule has 2 aromatic carbocycles. The van der Waals surface area contributed by atoms with Crippen molar-refractivity contribution in [2.24, 2.45) is 0 Å². The molecule has 2 aliphatic rings. The first-order valence-corrected chi connectivity index (χ1v) is 12.3. The summed E-state index contributed by atoms with van der Waals surface area (Å²) in [5.41, 5.74) is 1.52. The summed E-state index contributed by atoms with van der Waals surface area (Å²) >= 11 is 0. The largest absolute Gasteiger partial charge is 0.487 e. The Morgan fingerprint density at radius 1 is 1.10 bits per heavy atom. The first kappa shape index (κ1) is 21.8. The van der Waals surface area contributed by atoms with Gasteiger partial charge < -0.3 is 10.1 Å². The van der Waals surface area contributed by atoms with Gasteiger partial charge in [0.15, 0.2) is 0 Å². The Morgan fingerprint density at radius 2 is 1.81 bits per heavy atom. The first-order valence-electron chi connectivity index (χ1n) is 10.9. The molecule has 0 radical (unpaired) electrons. The molecule has 166 valence electrons. The molecule has 1 saturated heterocycles. The monoisotopic (exact) mass is 442 g/mol. The number of hydrogen-bond acceptors (Lipinski definition) is 4. The number of piperidine rings is 1. The van der Waals surface area contributed by atoms with Crippen molar-refractivity contribution in [3.63, 3.8) is 0 Å². The number of aryl methyl sites for hydroxylation is 1. The lowest BCUT2D eigenvalue weighted by molar-refractivity contribution is 0.0619. The lowest BCUT2D eigenvalue weighted by Gasteiger charge is -2.37. The molecule has 0 bridgehead atoms. The molecule has 6 nitrogen and oxygen atoms in total. The van der Waals surface area contributed by atoms with Crippen LogP contribution in [0.2, 0.25) is 0 Å². The number of benzene rings is 2. The molecule has 0 aromatic heterocycles. The SMILES string of the molecule is Cc1ccc(C(=O)N[C@H]2CC(C)(C)Oc3ccccc32)cc1S(=O)(=O)N1CCCCC1. The summed E-state index contributed by atoms with van der Waals surface area (Å²) in [5, 5.41) is 3.10. The molecular weight excluding hydrogens is 412 g/mol. The van der Waals surface area contributed by atoms with Crippen LogP contribution >= 0.6 is 0 Å². The van der Waals surface area contributed by atoms with E-state index in [2.05, 4.69) is 5.32 Å². The van der Waals surface area contributed by atoms with Crippen molar-refractivity contribution in [3.8, 4) is 5.75 Å². The van der Waals surface area contributed by atoms with Gasteiger partial charge in [-0.15, -0.1) is 0 Å². The molecule has 4 rings (SSSR count). The number of nitrogens with zero attached hydrogens (tertiary/aromatic N) is 1. The summed E-state index contributed by atoms with van der Waals surface area (Å²) < 4.78 is 34.0. The van der Waals surface area contributed by atoms with Crippen LogP contribution in [0, 0.1) is 6.92 Å². The van der Waals surface area contributed by atoms with E-state index in [0.29, 0.717) is 30.6 Å². The summed E-state index contributed by atoms with van der Waals surface area (Å²) in [4.78, 5) is 13.4. The van der Waals surface area contributed by atoms with Gasteiger partial charge in [0.25, 0.3) is 5.91 Å². The highest BCUT2D eigenvalue weighted by atomic mass is 32.2. The zero-order valence-corrected chi connectivity index (χ0v) is 19.2. The average molecular weight is 443 g/mol. The van der Waals surface area contributed by atoms with Gasteiger partial charge in [0.05, 0.1) is 10.9 Å². The molecule has 7 heteroatoms. The molecule has 0 saturated carbocycles. The lowest BCUT2D eigenvalue weighted by atomic mass is 9.89. The van der Waals surface area contributed by atoms with E-state index in [0.717, 1.165) is 30.6 Å². The minimum atomic E-state index is -3.62. The minimum Gasteiger partial charge on any atom is -0.487 e. The normalized spacial score (nSPS) is 21.1. The molecule has 0 spiro atoms. The highest BCUT2D eigenvalue weighted by Crippen LogP contribution is 2.39. The van der Waals surface area contributed by atoms with E-state index in [4.69, 9.17) is 4.74 Å². The van der Waals surface area contributed by atoms with E-state index in [9.17, 15) is 13.2 Å². The number of nitrogens with one attached hydrogen (secondary N) is 1. The number of carbonyl (C=O) groups is 1. The Balaban J connectivity index is 1.61. The summed E-state index contributed by atoms with van der Waals surface area (Å²) in [5.74, 6) is 0.480. The van der Waals surface area contributed by atoms with Crippen LogP contribution in [0.5, 0.6) is 5.75 Å². The molecule has 1 fully saturated rings. The number of amides is 1. The number of para-hydroxylation sites is 1. The van der Waals surface area contributed by atoms with Gasteiger partial charge in [-0.2, -0.15) is 4.31 Å². The minimum absolute atomic E-state index is 0.212. The van der Waals surface area contributed by atoms with Gasteiger partial charge in [0.2, 0.25) is 10.0 Å². The van der Waals surface area contributed by atoms with Crippen LogP contribution < -0.4 is 10.1 Å². The second-order valence-electron chi connectivity index (χ2n) is 9.07. The van der Waals surface area contributed by atoms with Crippen LogP contribution in [-0.2, 0) is 10.0 Å². The molecular formula is C24H30N2O4S. The molecule has 1 atom stereocenters. The fourth-order valence-corrected chi connectivity index (χ4v) is 6.20. The van der Waals surface area contributed by atoms with E-state index < -0.39 is 15.6 Å². The third-order valence-corrected chi connectivity index (χ3v) is 8.11. The highest BCUT2D eigenvalue weighted by molar-refractivity contribution is 7.89. The van der Waals surface area contributed by atoms with E-state index in [1.54, 1.807) is 19.1 Å². The Kier molecular flexibility index (Phi) is 5.83. The standard InChI is InChI=1S/C24H30N2O4S/c1-17-11-12-18(15-22(17)31(28,29)26-13-7-4-8-14-26)23(27)25-20-16-24(2,3)30-21-10-6-5-9-19(20)21/h5-6,9-12,15,20H,4,7-8,13-14,16H2,1-3H3,(H,25,27)/t20-/m0/s1. The van der Waals surface area contributed by atoms with Crippen molar-refractivity contribution >= 4 is 15.9 Å². The summed E-state index contributed by atoms with van der Waals surface area (Å²) in [6.45, 7) is 6.84. The van der Waals surface area contributed by atoms with Crippen LogP contribution in [0.25, 0.3) is 0 Å². The lowest BCUT2D eigenvalue weighted by Crippen LogP contribution is -2.41. The zero-order chi connectivity index (χ0) is 22.2. The molecule has 1 N–H and O–H groups in total. The topological polar surface area (TPSA) is 75.7 Å². The van der Waals surface area contributed by atoms with Crippen LogP contribution in [0.3, 0.4) is 0 Å². The summed E-state index contributed by atoms with van der Waals surface area (Å²) in [6.07, 6.45) is 3.42. The van der Waals surface area contributed by atoms with Crippen LogP contribution in [0.1, 0.15) is 67.1 Å². The van der Waals surface area contributed by atoms with Crippen molar-refractivity contribution in [3.05, 3.63) is 59.2 Å². The number of fused-ring (bicyclic) bond motifs is 1. The summed E-state index contributed by atoms with van der Waals surface area (Å²) in [7, 11) is -3.62. The second kappa shape index (κ2) is 8.28. The molecule has 0 aliphatic carbocycles. The van der Waals surface area contributed by atoms with Crippen molar-refractivity contribution in [2.75, 3.05) is 13.1 Å². The average Bonchev–Trinajstić information content (AvgIpc) is 2.73. The van der Waals surface area contributed by atoms with Gasteiger partial charge in [0.1, 0.15) is 11.4 Å². The molecule has 2 aromatic rings. The zero-order valence-electron chi connectivity index (χ0n) is 18.3. The molecule has 0 unspecified atom stereocenters. The van der Waals surface area contributed by atoms with E-state index in [1.165, 1.54) is 10.4 Å². The second-order valence-corrected chi connectivity index (χ2v) is 11.0. The Labute approximate surface area is 184 Å². The first-order chi connectivity index (χ1) is 14.7. The third-order valence-electron chi connectivity index (χ3n) is 6.06. The van der Waals surface area contributed by atoms with Crippen molar-refractivity contribution < 1.29 is 17.9 Å². The molecule has 1 amide bonds. The van der Waals surface area contributed by atoms with Gasteiger partial charge >= 0.3 is 0 Å². The maximum Gasteiger partial charge on any atom is 0.251 e. The quantitative estimate of drug-likeness (QED) is 0.770. The maximum atomic E-state index is 13.2. The number of rotatable bonds is 4. The van der Waals surface area contributed by atoms with Gasteiger partial charge in [-0.1, -0.05) is 30.7 Å². The predicted octanol–water partition coefficient (Wildman–Crippen LogP) is 4.20. The number of hydrogen-bond donors (Lipinski definition) is 1. The molecule has 31 heavy (non-hydrogen) atoms. The number of sulfonamides is 1. The fraction of sp³-hybridized carbons (Fsp3) is 0.458. The van der Waals surface area contributed by atoms with Gasteiger partial charge in [-0.05, 0) is 57.4 Å². The van der Waals surface area contributed by atoms with E-state index in [-0.39, 0.29) is 16.8 Å². The number of carbonyl (C=O) groups excluding carboxylic acids is 1. The van der Waals surface area contributed by atoms with Crippen LogP contribution in [0.4, 0.5) is 0 Å². The highest BCUT2D eigenvalue weighted by Gasteiger charge is 2.35. The van der Waals surface area contributed by atoms with Gasteiger partial charge in [0, 0.05) is 30.6 Å². The smallest absolute Gasteiger partial charge is 0.251 e. The summed E-state index contributed by atoms with van der Waals surface area (Å²) in [6, 6.07) is 12.4. The van der Waals surface area contributed by atoms with E-state index >= 15 is 0 Å². The molecule has 2 heterocycles. The predicted molar refractivity (Wildman–Crippen MR) is 120 cm³/mol. The van der Waals surface area contributed by atoms with Crippen LogP contribution in [-0.4, -0.2) is 37.3 Å². The van der Waals surface area contributed by atoms with Crippen molar-refractivity contribution in [1.29, 1.82) is 0 Å². The van der Waals surface area contributed by atoms with Crippen LogP contribution in [0.15, 0.2) is 47.4 Å². The van der Waals surface area contributed by atoms with Crippen molar-refractivity contribution in [1.82, 2.24) is 9.62 Å². The maximum absolute atomic E-state index is 13.2. The number of ether oxygens (including phenoxy) is 1. The van der Waals surface area contributed by atoms with Crippen molar-refractivity contribution in [2.45, 2.75) is 63.0 Å². The Morgan fingerprint density at radius 3 is 2.55 bits per heavy atom. The van der Waals surface area contributed by atoms with E-state index in [1.807, 2.05) is 38.1 Å². The van der Waals surface area contributed by atoms with Gasteiger partial charge in [-0.3, -0.25) is 4.79 Å². The Bertz CT molecular complexity index is 1090.